The van der Waals surface area contributed by atoms with Crippen LogP contribution in [0.2, 0.25) is 10.0 Å². The first kappa shape index (κ1) is 20.1. The molecule has 2 aromatic rings. The second-order valence-electron chi connectivity index (χ2n) is 7.96. The summed E-state index contributed by atoms with van der Waals surface area (Å²) in [5.41, 5.74) is 2.11. The minimum absolute atomic E-state index is 0.00614. The van der Waals surface area contributed by atoms with E-state index in [9.17, 15) is 0 Å². The van der Waals surface area contributed by atoms with Crippen molar-refractivity contribution in [2.45, 2.75) is 43.2 Å². The van der Waals surface area contributed by atoms with Gasteiger partial charge < -0.3 is 14.8 Å². The monoisotopic (exact) mass is 420 g/mol. The highest BCUT2D eigenvalue weighted by Gasteiger charge is 2.49. The molecule has 0 bridgehead atoms. The van der Waals surface area contributed by atoms with E-state index in [1.54, 1.807) is 6.07 Å². The van der Waals surface area contributed by atoms with Gasteiger partial charge in [0, 0.05) is 53.5 Å². The lowest BCUT2D eigenvalue weighted by Gasteiger charge is -2.45. The van der Waals surface area contributed by atoms with E-state index in [0.717, 1.165) is 63.2 Å². The summed E-state index contributed by atoms with van der Waals surface area (Å²) in [6, 6.07) is 11.9. The molecule has 4 rings (SSSR count). The molecule has 2 fully saturated rings. The molecule has 2 aliphatic heterocycles. The van der Waals surface area contributed by atoms with Crippen LogP contribution in [-0.4, -0.2) is 37.0 Å². The fourth-order valence-electron chi connectivity index (χ4n) is 4.57. The molecule has 28 heavy (non-hydrogen) atoms. The number of nitrogens with one attached hydrogen (secondary N) is 1. The highest BCUT2D eigenvalue weighted by atomic mass is 35.5. The van der Waals surface area contributed by atoms with Gasteiger partial charge in [0.2, 0.25) is 0 Å². The van der Waals surface area contributed by atoms with Crippen LogP contribution in [0.3, 0.4) is 0 Å². The summed E-state index contributed by atoms with van der Waals surface area (Å²) in [5, 5.41) is 4.90. The highest BCUT2D eigenvalue weighted by molar-refractivity contribution is 6.34. The Kier molecular flexibility index (Phi) is 6.24. The Labute approximate surface area is 176 Å². The molecule has 1 aromatic heterocycles. The Balaban J connectivity index is 1.45. The molecule has 4 nitrogen and oxygen atoms in total. The average molecular weight is 421 g/mol. The lowest BCUT2D eigenvalue weighted by Crippen LogP contribution is -2.49. The van der Waals surface area contributed by atoms with Crippen LogP contribution in [-0.2, 0) is 21.4 Å². The SMILES string of the molecule is Clc1cc(Cl)cc(CNCC[C@@]2(c3ccccn3)CCO[C@]3(CCOC3)C2)c1. The van der Waals surface area contributed by atoms with Gasteiger partial charge in [0.15, 0.2) is 0 Å². The van der Waals surface area contributed by atoms with Gasteiger partial charge in [0.25, 0.3) is 0 Å². The number of ether oxygens (including phenoxy) is 2. The van der Waals surface area contributed by atoms with Crippen LogP contribution in [0.25, 0.3) is 0 Å². The van der Waals surface area contributed by atoms with Gasteiger partial charge in [-0.25, -0.2) is 0 Å². The van der Waals surface area contributed by atoms with Gasteiger partial charge in [0.05, 0.1) is 12.2 Å². The number of hydrogen-bond donors (Lipinski definition) is 1. The molecule has 0 unspecified atom stereocenters. The van der Waals surface area contributed by atoms with E-state index in [2.05, 4.69) is 17.4 Å². The molecular formula is C22H26Cl2N2O2. The molecule has 0 amide bonds. The predicted molar refractivity (Wildman–Crippen MR) is 112 cm³/mol. The second kappa shape index (κ2) is 8.68. The maximum Gasteiger partial charge on any atom is 0.0945 e. The third-order valence-electron chi connectivity index (χ3n) is 5.96. The van der Waals surface area contributed by atoms with Gasteiger partial charge in [-0.15, -0.1) is 0 Å². The summed E-state index contributed by atoms with van der Waals surface area (Å²) < 4.78 is 11.9. The summed E-state index contributed by atoms with van der Waals surface area (Å²) in [6.45, 7) is 3.85. The first-order valence-corrected chi connectivity index (χ1v) is 10.6. The van der Waals surface area contributed by atoms with E-state index < -0.39 is 0 Å². The van der Waals surface area contributed by atoms with Crippen molar-refractivity contribution < 1.29 is 9.47 Å². The van der Waals surface area contributed by atoms with Crippen LogP contribution in [0.5, 0.6) is 0 Å². The fraction of sp³-hybridized carbons (Fsp3) is 0.500. The normalized spacial score (nSPS) is 27.4. The zero-order valence-electron chi connectivity index (χ0n) is 15.9. The Morgan fingerprint density at radius 2 is 1.93 bits per heavy atom. The van der Waals surface area contributed by atoms with Crippen LogP contribution in [0.1, 0.15) is 36.9 Å². The van der Waals surface area contributed by atoms with E-state index in [4.69, 9.17) is 37.7 Å². The minimum Gasteiger partial charge on any atom is -0.378 e. The molecule has 2 aliphatic rings. The molecule has 0 aliphatic carbocycles. The Hall–Kier alpha value is -1.17. The number of halogens is 2. The van der Waals surface area contributed by atoms with Crippen molar-refractivity contribution >= 4 is 23.2 Å². The minimum atomic E-state index is -0.156. The largest absolute Gasteiger partial charge is 0.378 e. The van der Waals surface area contributed by atoms with Crippen molar-refractivity contribution in [1.82, 2.24) is 10.3 Å². The van der Waals surface area contributed by atoms with Gasteiger partial charge in [-0.2, -0.15) is 0 Å². The highest BCUT2D eigenvalue weighted by Crippen LogP contribution is 2.46. The maximum atomic E-state index is 6.20. The quantitative estimate of drug-likeness (QED) is 0.682. The maximum absolute atomic E-state index is 6.20. The molecule has 3 heterocycles. The number of benzene rings is 1. The smallest absolute Gasteiger partial charge is 0.0945 e. The first-order valence-electron chi connectivity index (χ1n) is 9.88. The topological polar surface area (TPSA) is 43.4 Å². The third kappa shape index (κ3) is 4.52. The number of nitrogens with zero attached hydrogens (tertiary/aromatic N) is 1. The number of rotatable bonds is 6. The van der Waals surface area contributed by atoms with Crippen molar-refractivity contribution in [1.29, 1.82) is 0 Å². The molecule has 1 N–H and O–H groups in total. The van der Waals surface area contributed by atoms with E-state index in [1.165, 1.54) is 0 Å². The third-order valence-corrected chi connectivity index (χ3v) is 6.39. The van der Waals surface area contributed by atoms with E-state index in [1.807, 2.05) is 24.4 Å². The first-order chi connectivity index (χ1) is 13.6. The van der Waals surface area contributed by atoms with Crippen molar-refractivity contribution in [2.75, 3.05) is 26.4 Å². The standard InChI is InChI=1S/C22H26Cl2N2O2/c23-18-11-17(12-19(24)13-18)14-25-8-4-21(20-3-1-2-7-26-20)5-10-28-22(15-21)6-9-27-16-22/h1-3,7,11-13,25H,4-6,8-10,14-16H2/t21-,22-/m1/s1. The predicted octanol–water partition coefficient (Wildman–Crippen LogP) is 4.78. The summed E-state index contributed by atoms with van der Waals surface area (Å²) >= 11 is 12.2. The van der Waals surface area contributed by atoms with Crippen molar-refractivity contribution in [2.24, 2.45) is 0 Å². The van der Waals surface area contributed by atoms with Gasteiger partial charge in [0.1, 0.15) is 0 Å². The van der Waals surface area contributed by atoms with Crippen LogP contribution in [0.4, 0.5) is 0 Å². The van der Waals surface area contributed by atoms with Gasteiger partial charge in [-0.05, 0) is 61.7 Å². The van der Waals surface area contributed by atoms with Crippen molar-refractivity contribution in [3.8, 4) is 0 Å². The van der Waals surface area contributed by atoms with Crippen molar-refractivity contribution in [3.05, 3.63) is 63.9 Å². The zero-order chi connectivity index (χ0) is 19.5. The number of pyridine rings is 1. The van der Waals surface area contributed by atoms with Crippen LogP contribution in [0.15, 0.2) is 42.6 Å². The summed E-state index contributed by atoms with van der Waals surface area (Å²) in [5.74, 6) is 0. The molecular weight excluding hydrogens is 395 g/mol. The zero-order valence-corrected chi connectivity index (χ0v) is 17.4. The lowest BCUT2D eigenvalue weighted by atomic mass is 9.68. The average Bonchev–Trinajstić information content (AvgIpc) is 3.13. The molecule has 6 heteroatoms. The molecule has 1 spiro atoms. The molecule has 2 atom stereocenters. The molecule has 0 radical (unpaired) electrons. The Morgan fingerprint density at radius 3 is 2.64 bits per heavy atom. The summed E-state index contributed by atoms with van der Waals surface area (Å²) in [7, 11) is 0. The van der Waals surface area contributed by atoms with Crippen LogP contribution < -0.4 is 5.32 Å². The lowest BCUT2D eigenvalue weighted by molar-refractivity contribution is -0.109. The van der Waals surface area contributed by atoms with Crippen LogP contribution in [0, 0.1) is 0 Å². The van der Waals surface area contributed by atoms with E-state index in [-0.39, 0.29) is 11.0 Å². The second-order valence-corrected chi connectivity index (χ2v) is 8.83. The van der Waals surface area contributed by atoms with Gasteiger partial charge in [-0.1, -0.05) is 29.3 Å². The summed E-state index contributed by atoms with van der Waals surface area (Å²) in [4.78, 5) is 4.73. The van der Waals surface area contributed by atoms with Gasteiger partial charge in [-0.3, -0.25) is 4.98 Å². The molecule has 150 valence electrons. The molecule has 1 aromatic carbocycles. The van der Waals surface area contributed by atoms with Crippen LogP contribution >= 0.6 is 23.2 Å². The Morgan fingerprint density at radius 1 is 1.07 bits per heavy atom. The van der Waals surface area contributed by atoms with E-state index in [0.29, 0.717) is 16.7 Å². The number of aromatic nitrogens is 1. The van der Waals surface area contributed by atoms with Crippen molar-refractivity contribution in [3.63, 3.8) is 0 Å². The van der Waals surface area contributed by atoms with Gasteiger partial charge >= 0.3 is 0 Å². The molecule has 2 saturated heterocycles. The number of hydrogen-bond acceptors (Lipinski definition) is 4. The van der Waals surface area contributed by atoms with E-state index >= 15 is 0 Å². The Bertz CT molecular complexity index is 776. The fourth-order valence-corrected chi connectivity index (χ4v) is 5.14. The summed E-state index contributed by atoms with van der Waals surface area (Å²) in [6.07, 6.45) is 5.81. The molecule has 0 saturated carbocycles.